The molecule has 0 aliphatic carbocycles. The third kappa shape index (κ3) is 11.1. The van der Waals surface area contributed by atoms with Crippen molar-refractivity contribution < 1.29 is 24.2 Å². The molecule has 1 aromatic heterocycles. The van der Waals surface area contributed by atoms with Crippen molar-refractivity contribution >= 4 is 23.2 Å². The van der Waals surface area contributed by atoms with Crippen LogP contribution in [0.4, 0.5) is 11.4 Å². The Morgan fingerprint density at radius 3 is 2.37 bits per heavy atom. The topological polar surface area (TPSA) is 139 Å². The molecule has 10 nitrogen and oxygen atoms in total. The number of benzene rings is 4. The summed E-state index contributed by atoms with van der Waals surface area (Å²) in [5, 5.41) is 15.4. The summed E-state index contributed by atoms with van der Waals surface area (Å²) in [6, 6.07) is 37.3. The molecule has 0 bridgehead atoms. The number of hydrogen-bond donors (Lipinski definition) is 4. The van der Waals surface area contributed by atoms with Crippen LogP contribution in [-0.2, 0) is 38.6 Å². The molecule has 280 valence electrons. The van der Waals surface area contributed by atoms with Crippen LogP contribution in [0.3, 0.4) is 0 Å². The van der Waals surface area contributed by atoms with Crippen LogP contribution < -0.4 is 16.4 Å². The Balaban J connectivity index is 1.07. The highest BCUT2D eigenvalue weighted by molar-refractivity contribution is 5.94. The van der Waals surface area contributed by atoms with E-state index in [1.807, 2.05) is 79.0 Å². The quantitative estimate of drug-likeness (QED) is 0.0800. The van der Waals surface area contributed by atoms with E-state index in [1.165, 1.54) is 0 Å². The van der Waals surface area contributed by atoms with Gasteiger partial charge < -0.3 is 35.8 Å². The normalized spacial score (nSPS) is 16.9. The lowest BCUT2D eigenvalue weighted by molar-refractivity contribution is -0.252. The number of ether oxygens (including phenoxy) is 2. The van der Waals surface area contributed by atoms with Crippen LogP contribution in [0.25, 0.3) is 11.1 Å². The van der Waals surface area contributed by atoms with Crippen molar-refractivity contribution in [3.8, 4) is 11.1 Å². The Hall–Kier alpha value is -5.39. The number of nitrogens with one attached hydrogen (secondary N) is 2. The van der Waals surface area contributed by atoms with E-state index in [0.29, 0.717) is 30.8 Å². The van der Waals surface area contributed by atoms with Crippen LogP contribution in [0.15, 0.2) is 121 Å². The second kappa shape index (κ2) is 19.1. The van der Waals surface area contributed by atoms with E-state index >= 15 is 0 Å². The highest BCUT2D eigenvalue weighted by atomic mass is 16.7. The first-order valence-corrected chi connectivity index (χ1v) is 18.5. The van der Waals surface area contributed by atoms with Gasteiger partial charge in [0.2, 0.25) is 11.8 Å². The molecule has 0 saturated carbocycles. The van der Waals surface area contributed by atoms with Crippen LogP contribution in [0.5, 0.6) is 0 Å². The van der Waals surface area contributed by atoms with Crippen molar-refractivity contribution in [1.29, 1.82) is 0 Å². The zero-order chi connectivity index (χ0) is 37.7. The van der Waals surface area contributed by atoms with Crippen LogP contribution >= 0.6 is 0 Å². The third-order valence-electron chi connectivity index (χ3n) is 9.56. The smallest absolute Gasteiger partial charge is 0.224 e. The van der Waals surface area contributed by atoms with Crippen molar-refractivity contribution in [2.75, 3.05) is 31.2 Å². The molecular weight excluding hydrogens is 679 g/mol. The van der Waals surface area contributed by atoms with Gasteiger partial charge in [-0.15, -0.1) is 0 Å². The fourth-order valence-electron chi connectivity index (χ4n) is 6.57. The maximum absolute atomic E-state index is 12.6. The monoisotopic (exact) mass is 727 g/mol. The van der Waals surface area contributed by atoms with Crippen molar-refractivity contribution in [3.63, 3.8) is 0 Å². The molecule has 1 saturated heterocycles. The van der Waals surface area contributed by atoms with Crippen molar-refractivity contribution in [2.24, 2.45) is 0 Å². The fraction of sp³-hybridized carbons (Fsp3) is 0.295. The lowest BCUT2D eigenvalue weighted by Gasteiger charge is -2.38. The predicted octanol–water partition coefficient (Wildman–Crippen LogP) is 6.97. The summed E-state index contributed by atoms with van der Waals surface area (Å²) >= 11 is 0. The van der Waals surface area contributed by atoms with Crippen molar-refractivity contribution in [2.45, 2.75) is 63.8 Å². The first-order chi connectivity index (χ1) is 26.3. The Kier molecular flexibility index (Phi) is 13.6. The number of nitrogen functional groups attached to an aromatic ring is 1. The number of nitrogens with zero attached hydrogens (tertiary/aromatic N) is 2. The average molecular weight is 728 g/mol. The van der Waals surface area contributed by atoms with E-state index in [1.54, 1.807) is 12.1 Å². The molecule has 4 aromatic carbocycles. The van der Waals surface area contributed by atoms with Gasteiger partial charge in [-0.2, -0.15) is 0 Å². The molecule has 54 heavy (non-hydrogen) atoms. The summed E-state index contributed by atoms with van der Waals surface area (Å²) in [6.07, 6.45) is 3.44. The maximum atomic E-state index is 12.6. The van der Waals surface area contributed by atoms with Gasteiger partial charge in [-0.05, 0) is 77.7 Å². The molecule has 2 heterocycles. The van der Waals surface area contributed by atoms with E-state index in [-0.39, 0.29) is 43.5 Å². The van der Waals surface area contributed by atoms with E-state index in [4.69, 9.17) is 15.2 Å². The highest BCUT2D eigenvalue weighted by Crippen LogP contribution is 2.39. The van der Waals surface area contributed by atoms with E-state index in [2.05, 4.69) is 57.9 Å². The van der Waals surface area contributed by atoms with Crippen LogP contribution in [0.2, 0.25) is 0 Å². The third-order valence-corrected chi connectivity index (χ3v) is 9.56. The standard InChI is InChI=1S/C44H49N5O5/c1-49(24-22-37-13-4-5-23-46-37)29-38-27-41(33-20-18-31(30-50)19-21-33)54-44(53-38)36-12-7-11-35(26-36)34-10-6-9-32(25-34)28-47-42(51)16-8-17-43(52)48-40-15-3-2-14-39(40)45/h2-7,9-15,18-21,23,25-26,38,41,44,50H,8,16-17,22,24,27-30,45H2,1H3,(H,47,51)(H,48,52)/t38-,41+,44+/m1/s1. The lowest BCUT2D eigenvalue weighted by Crippen LogP contribution is -2.38. The second-order valence-electron chi connectivity index (χ2n) is 13.8. The summed E-state index contributed by atoms with van der Waals surface area (Å²) in [6.45, 7) is 1.96. The lowest BCUT2D eigenvalue weighted by atomic mass is 9.98. The molecule has 6 rings (SSSR count). The van der Waals surface area contributed by atoms with Gasteiger partial charge in [-0.3, -0.25) is 14.6 Å². The van der Waals surface area contributed by atoms with Gasteiger partial charge in [-0.1, -0.05) is 78.9 Å². The Bertz CT molecular complexity index is 1970. The summed E-state index contributed by atoms with van der Waals surface area (Å²) < 4.78 is 13.3. The minimum absolute atomic E-state index is 0.00615. The van der Waals surface area contributed by atoms with Gasteiger partial charge in [0.15, 0.2) is 6.29 Å². The molecule has 3 atom stereocenters. The van der Waals surface area contributed by atoms with E-state index in [9.17, 15) is 14.7 Å². The van der Waals surface area contributed by atoms with Gasteiger partial charge in [0.05, 0.1) is 30.2 Å². The number of hydrogen-bond acceptors (Lipinski definition) is 8. The van der Waals surface area contributed by atoms with Crippen molar-refractivity contribution in [3.05, 3.63) is 149 Å². The number of aliphatic hydroxyl groups is 1. The predicted molar refractivity (Wildman–Crippen MR) is 211 cm³/mol. The summed E-state index contributed by atoms with van der Waals surface area (Å²) in [5.74, 6) is -0.287. The number of rotatable bonds is 16. The average Bonchev–Trinajstić information content (AvgIpc) is 3.20. The number of carbonyl (C=O) groups is 2. The van der Waals surface area contributed by atoms with Gasteiger partial charge in [0.1, 0.15) is 0 Å². The number of para-hydroxylation sites is 2. The Labute approximate surface area is 317 Å². The number of likely N-dealkylation sites (N-methyl/N-ethyl adjacent to an activating group) is 1. The summed E-state index contributed by atoms with van der Waals surface area (Å²) in [5.41, 5.74) is 13.9. The van der Waals surface area contributed by atoms with Crippen molar-refractivity contribution in [1.82, 2.24) is 15.2 Å². The van der Waals surface area contributed by atoms with Crippen LogP contribution in [-0.4, -0.2) is 53.0 Å². The molecule has 0 unspecified atom stereocenters. The number of amides is 2. The largest absolute Gasteiger partial charge is 0.397 e. The molecule has 5 N–H and O–H groups in total. The highest BCUT2D eigenvalue weighted by Gasteiger charge is 2.33. The molecular formula is C44H49N5O5. The van der Waals surface area contributed by atoms with Gasteiger partial charge in [-0.25, -0.2) is 0 Å². The number of nitrogens with two attached hydrogens (primary N) is 1. The molecule has 0 radical (unpaired) electrons. The Morgan fingerprint density at radius 2 is 1.59 bits per heavy atom. The van der Waals surface area contributed by atoms with Gasteiger partial charge in [0, 0.05) is 62.8 Å². The molecule has 5 aromatic rings. The molecule has 1 fully saturated rings. The summed E-state index contributed by atoms with van der Waals surface area (Å²) in [4.78, 5) is 31.7. The zero-order valence-electron chi connectivity index (χ0n) is 30.7. The van der Waals surface area contributed by atoms with Crippen LogP contribution in [0, 0.1) is 0 Å². The minimum atomic E-state index is -0.579. The zero-order valence-corrected chi connectivity index (χ0v) is 30.7. The summed E-state index contributed by atoms with van der Waals surface area (Å²) in [7, 11) is 2.11. The Morgan fingerprint density at radius 1 is 0.833 bits per heavy atom. The maximum Gasteiger partial charge on any atom is 0.224 e. The van der Waals surface area contributed by atoms with Crippen LogP contribution in [0.1, 0.15) is 66.0 Å². The number of aromatic nitrogens is 1. The number of aliphatic hydroxyl groups excluding tert-OH is 1. The number of carbonyl (C=O) groups excluding carboxylic acids is 2. The minimum Gasteiger partial charge on any atom is -0.397 e. The molecule has 2 amide bonds. The molecule has 1 aliphatic rings. The molecule has 10 heteroatoms. The second-order valence-corrected chi connectivity index (χ2v) is 13.8. The number of anilines is 2. The van der Waals surface area contributed by atoms with E-state index in [0.717, 1.165) is 58.6 Å². The SMILES string of the molecule is CN(CCc1ccccn1)C[C@H]1C[C@@H](c2ccc(CO)cc2)O[C@@H](c2cccc(-c3cccc(CNC(=O)CCCC(=O)Nc4ccccc4N)c3)c2)O1. The first-order valence-electron chi connectivity index (χ1n) is 18.5. The molecule has 1 aliphatic heterocycles. The fourth-order valence-corrected chi connectivity index (χ4v) is 6.57. The number of pyridine rings is 1. The first kappa shape index (κ1) is 38.3. The molecule has 0 spiro atoms. The van der Waals surface area contributed by atoms with Gasteiger partial charge in [0.25, 0.3) is 0 Å². The van der Waals surface area contributed by atoms with E-state index < -0.39 is 6.29 Å². The van der Waals surface area contributed by atoms with Gasteiger partial charge >= 0.3 is 0 Å².